The number of hydrogen-bond acceptors (Lipinski definition) is 3. The molecule has 9 heteroatoms. The predicted molar refractivity (Wildman–Crippen MR) is 90.0 cm³/mol. The number of ether oxygens (including phenoxy) is 1. The van der Waals surface area contributed by atoms with E-state index in [2.05, 4.69) is 5.32 Å². The average Bonchev–Trinajstić information content (AvgIpc) is 2.60. The number of para-hydroxylation sites is 1. The summed E-state index contributed by atoms with van der Waals surface area (Å²) in [6.07, 6.45) is -4.63. The van der Waals surface area contributed by atoms with E-state index in [4.69, 9.17) is 4.74 Å². The van der Waals surface area contributed by atoms with Gasteiger partial charge in [-0.05, 0) is 30.3 Å². The van der Waals surface area contributed by atoms with E-state index >= 15 is 0 Å². The quantitative estimate of drug-likeness (QED) is 0.802. The maximum absolute atomic E-state index is 13.7. The highest BCUT2D eigenvalue weighted by molar-refractivity contribution is 5.99. The number of anilines is 1. The van der Waals surface area contributed by atoms with E-state index in [1.807, 2.05) is 0 Å². The molecule has 0 bridgehead atoms. The highest BCUT2D eigenvalue weighted by Crippen LogP contribution is 2.34. The minimum absolute atomic E-state index is 0.0284. The fourth-order valence-electron chi connectivity index (χ4n) is 2.34. The highest BCUT2D eigenvalue weighted by atomic mass is 19.4. The van der Waals surface area contributed by atoms with Gasteiger partial charge in [0, 0.05) is 12.6 Å². The third-order valence-corrected chi connectivity index (χ3v) is 3.63. The van der Waals surface area contributed by atoms with Gasteiger partial charge in [0.2, 0.25) is 5.91 Å². The standard InChI is InChI=1S/C18H16F4N2O3/c1-24(17(26)11-7-8-15(27-2)13(19)9-11)10-16(25)23-14-6-4-3-5-12(14)18(20,21)22/h3-9H,10H2,1-2H3,(H,23,25). The van der Waals surface area contributed by atoms with E-state index in [0.717, 1.165) is 23.1 Å². The molecule has 0 aliphatic carbocycles. The van der Waals surface area contributed by atoms with E-state index in [1.54, 1.807) is 0 Å². The molecule has 5 nitrogen and oxygen atoms in total. The Labute approximate surface area is 152 Å². The Morgan fingerprint density at radius 2 is 1.81 bits per heavy atom. The van der Waals surface area contributed by atoms with Crippen LogP contribution in [0, 0.1) is 5.82 Å². The summed E-state index contributed by atoms with van der Waals surface area (Å²) >= 11 is 0. The maximum Gasteiger partial charge on any atom is 0.418 e. The summed E-state index contributed by atoms with van der Waals surface area (Å²) < 4.78 is 57.3. The molecule has 0 heterocycles. The Morgan fingerprint density at radius 1 is 1.15 bits per heavy atom. The van der Waals surface area contributed by atoms with Crippen molar-refractivity contribution in [3.8, 4) is 5.75 Å². The Balaban J connectivity index is 2.08. The molecule has 144 valence electrons. The molecule has 0 saturated carbocycles. The van der Waals surface area contributed by atoms with Gasteiger partial charge in [-0.25, -0.2) is 4.39 Å². The highest BCUT2D eigenvalue weighted by Gasteiger charge is 2.33. The molecule has 2 rings (SSSR count). The molecule has 0 spiro atoms. The normalized spacial score (nSPS) is 11.0. The molecule has 2 aromatic rings. The van der Waals surface area contributed by atoms with E-state index in [9.17, 15) is 27.2 Å². The number of amides is 2. The van der Waals surface area contributed by atoms with Crippen molar-refractivity contribution in [3.05, 3.63) is 59.4 Å². The lowest BCUT2D eigenvalue weighted by Gasteiger charge is -2.18. The lowest BCUT2D eigenvalue weighted by molar-refractivity contribution is -0.137. The predicted octanol–water partition coefficient (Wildman–Crippen LogP) is 3.56. The van der Waals surface area contributed by atoms with Crippen LogP contribution in [0.25, 0.3) is 0 Å². The summed E-state index contributed by atoms with van der Waals surface area (Å²) in [5.74, 6) is -2.29. The molecule has 0 aliphatic rings. The molecule has 0 unspecified atom stereocenters. The Morgan fingerprint density at radius 3 is 2.41 bits per heavy atom. The Bertz CT molecular complexity index is 853. The van der Waals surface area contributed by atoms with Crippen molar-refractivity contribution in [2.75, 3.05) is 26.0 Å². The van der Waals surface area contributed by atoms with Crippen LogP contribution in [0.3, 0.4) is 0 Å². The SMILES string of the molecule is COc1ccc(C(=O)N(C)CC(=O)Nc2ccccc2C(F)(F)F)cc1F. The van der Waals surface area contributed by atoms with Crippen LogP contribution < -0.4 is 10.1 Å². The van der Waals surface area contributed by atoms with Crippen molar-refractivity contribution in [1.29, 1.82) is 0 Å². The molecule has 0 atom stereocenters. The van der Waals surface area contributed by atoms with Gasteiger partial charge < -0.3 is 15.0 Å². The van der Waals surface area contributed by atoms with Gasteiger partial charge in [-0.1, -0.05) is 12.1 Å². The summed E-state index contributed by atoms with van der Waals surface area (Å²) in [5, 5.41) is 2.14. The van der Waals surface area contributed by atoms with E-state index in [1.165, 1.54) is 38.4 Å². The minimum Gasteiger partial charge on any atom is -0.494 e. The van der Waals surface area contributed by atoms with Gasteiger partial charge in [0.05, 0.1) is 24.9 Å². The third-order valence-electron chi connectivity index (χ3n) is 3.63. The molecule has 2 amide bonds. The summed E-state index contributed by atoms with van der Waals surface area (Å²) in [6, 6.07) is 8.03. The number of hydrogen-bond donors (Lipinski definition) is 1. The summed E-state index contributed by atoms with van der Waals surface area (Å²) in [6.45, 7) is -0.515. The van der Waals surface area contributed by atoms with Crippen LogP contribution in [0.2, 0.25) is 0 Å². The topological polar surface area (TPSA) is 58.6 Å². The van der Waals surface area contributed by atoms with Gasteiger partial charge in [0.1, 0.15) is 0 Å². The number of nitrogens with one attached hydrogen (secondary N) is 1. The average molecular weight is 384 g/mol. The zero-order valence-corrected chi connectivity index (χ0v) is 14.4. The molecule has 0 fully saturated rings. The van der Waals surface area contributed by atoms with Crippen molar-refractivity contribution in [2.45, 2.75) is 6.18 Å². The number of halogens is 4. The lowest BCUT2D eigenvalue weighted by Crippen LogP contribution is -2.35. The largest absolute Gasteiger partial charge is 0.494 e. The van der Waals surface area contributed by atoms with Crippen molar-refractivity contribution in [1.82, 2.24) is 4.90 Å². The second kappa shape index (κ2) is 8.07. The monoisotopic (exact) mass is 384 g/mol. The number of carbonyl (C=O) groups excluding carboxylic acids is 2. The number of nitrogens with zero attached hydrogens (tertiary/aromatic N) is 1. The number of alkyl halides is 3. The zero-order valence-electron chi connectivity index (χ0n) is 14.4. The zero-order chi connectivity index (χ0) is 20.2. The number of methoxy groups -OCH3 is 1. The van der Waals surface area contributed by atoms with Crippen LogP contribution >= 0.6 is 0 Å². The van der Waals surface area contributed by atoms with Gasteiger partial charge in [-0.3, -0.25) is 9.59 Å². The second-order valence-corrected chi connectivity index (χ2v) is 5.60. The maximum atomic E-state index is 13.7. The van der Waals surface area contributed by atoms with Gasteiger partial charge in [-0.2, -0.15) is 13.2 Å². The smallest absolute Gasteiger partial charge is 0.418 e. The van der Waals surface area contributed by atoms with Gasteiger partial charge in [-0.15, -0.1) is 0 Å². The molecular weight excluding hydrogens is 368 g/mol. The number of benzene rings is 2. The van der Waals surface area contributed by atoms with E-state index < -0.39 is 41.6 Å². The molecule has 2 aromatic carbocycles. The van der Waals surface area contributed by atoms with Crippen LogP contribution in [0.1, 0.15) is 15.9 Å². The molecule has 27 heavy (non-hydrogen) atoms. The number of likely N-dealkylation sites (N-methyl/N-ethyl adjacent to an activating group) is 1. The van der Waals surface area contributed by atoms with E-state index in [-0.39, 0.29) is 11.3 Å². The van der Waals surface area contributed by atoms with Crippen LogP contribution in [-0.4, -0.2) is 37.4 Å². The van der Waals surface area contributed by atoms with Crippen LogP contribution in [-0.2, 0) is 11.0 Å². The molecule has 1 N–H and O–H groups in total. The van der Waals surface area contributed by atoms with Gasteiger partial charge >= 0.3 is 6.18 Å². The fraction of sp³-hybridized carbons (Fsp3) is 0.222. The first kappa shape index (κ1) is 20.2. The first-order valence-corrected chi connectivity index (χ1v) is 7.68. The molecular formula is C18H16F4N2O3. The van der Waals surface area contributed by atoms with Crippen LogP contribution in [0.15, 0.2) is 42.5 Å². The fourth-order valence-corrected chi connectivity index (χ4v) is 2.34. The van der Waals surface area contributed by atoms with Crippen LogP contribution in [0.4, 0.5) is 23.2 Å². The number of rotatable bonds is 5. The summed E-state index contributed by atoms with van der Waals surface area (Å²) in [5.41, 5.74) is -1.44. The Kier molecular flexibility index (Phi) is 6.04. The molecule has 0 aromatic heterocycles. The lowest BCUT2D eigenvalue weighted by atomic mass is 10.1. The first-order valence-electron chi connectivity index (χ1n) is 7.68. The van der Waals surface area contributed by atoms with Crippen molar-refractivity contribution in [2.24, 2.45) is 0 Å². The van der Waals surface area contributed by atoms with Crippen molar-refractivity contribution < 1.29 is 31.9 Å². The van der Waals surface area contributed by atoms with E-state index in [0.29, 0.717) is 0 Å². The second-order valence-electron chi connectivity index (χ2n) is 5.60. The molecule has 0 saturated heterocycles. The van der Waals surface area contributed by atoms with Crippen LogP contribution in [0.5, 0.6) is 5.75 Å². The Hall–Kier alpha value is -3.10. The molecule has 0 radical (unpaired) electrons. The van der Waals surface area contributed by atoms with Gasteiger partial charge in [0.15, 0.2) is 11.6 Å². The van der Waals surface area contributed by atoms with Gasteiger partial charge in [0.25, 0.3) is 5.91 Å². The minimum atomic E-state index is -4.63. The van der Waals surface area contributed by atoms with Crippen molar-refractivity contribution >= 4 is 17.5 Å². The summed E-state index contributed by atoms with van der Waals surface area (Å²) in [7, 11) is 2.55. The number of carbonyl (C=O) groups is 2. The molecule has 0 aliphatic heterocycles. The first-order chi connectivity index (χ1) is 12.6. The summed E-state index contributed by atoms with van der Waals surface area (Å²) in [4.78, 5) is 25.3. The van der Waals surface area contributed by atoms with Crippen molar-refractivity contribution in [3.63, 3.8) is 0 Å². The third kappa shape index (κ3) is 4.96.